The van der Waals surface area contributed by atoms with Crippen molar-refractivity contribution in [2.24, 2.45) is 0 Å². The zero-order valence-electron chi connectivity index (χ0n) is 4.53. The Hall–Kier alpha value is -0.0800. The van der Waals surface area contributed by atoms with Crippen LogP contribution in [0.15, 0.2) is 0 Å². The van der Waals surface area contributed by atoms with E-state index in [0.717, 1.165) is 19.3 Å². The smallest absolute Gasteiger partial charge is 0.161 e. The van der Waals surface area contributed by atoms with Crippen molar-refractivity contribution in [1.82, 2.24) is 5.32 Å². The van der Waals surface area contributed by atoms with E-state index in [1.54, 1.807) is 0 Å². The zero-order chi connectivity index (χ0) is 5.11. The van der Waals surface area contributed by atoms with Crippen molar-refractivity contribution in [2.45, 2.75) is 12.8 Å². The largest absolute Gasteiger partial charge is 0.356 e. The predicted molar refractivity (Wildman–Crippen MR) is 27.5 cm³/mol. The van der Waals surface area contributed by atoms with Crippen molar-refractivity contribution in [3.8, 4) is 0 Å². The first-order valence-corrected chi connectivity index (χ1v) is 2.60. The van der Waals surface area contributed by atoms with E-state index < -0.39 is 0 Å². The molecular weight excluding hydrogens is 90.1 g/mol. The maximum absolute atomic E-state index is 5.11. The third kappa shape index (κ3) is 1.14. The molecule has 1 saturated heterocycles. The van der Waals surface area contributed by atoms with E-state index >= 15 is 0 Å². The molecule has 0 spiro atoms. The van der Waals surface area contributed by atoms with E-state index in [0.29, 0.717) is 0 Å². The Bertz CT molecular complexity index is 50.0. The van der Waals surface area contributed by atoms with Gasteiger partial charge in [-0.25, -0.2) is 0 Å². The highest BCUT2D eigenvalue weighted by molar-refractivity contribution is 4.77. The molecule has 7 heavy (non-hydrogen) atoms. The summed E-state index contributed by atoms with van der Waals surface area (Å²) in [5.41, 5.74) is 0. The van der Waals surface area contributed by atoms with Crippen LogP contribution in [0.3, 0.4) is 0 Å². The first-order valence-electron chi connectivity index (χ1n) is 2.60. The number of hydrogen-bond donors (Lipinski definition) is 1. The number of hydrogen-bond acceptors (Lipinski definition) is 2. The summed E-state index contributed by atoms with van der Waals surface area (Å²) in [6.07, 6.45) is 3.31. The Morgan fingerprint density at radius 1 is 1.71 bits per heavy atom. The Kier molecular flexibility index (Phi) is 1.65. The van der Waals surface area contributed by atoms with Gasteiger partial charge in [0, 0.05) is 6.61 Å². The molecule has 1 fully saturated rings. The van der Waals surface area contributed by atoms with E-state index in [1.165, 1.54) is 6.42 Å². The van der Waals surface area contributed by atoms with Gasteiger partial charge in [-0.3, -0.25) is 5.32 Å². The van der Waals surface area contributed by atoms with Gasteiger partial charge in [-0.15, -0.1) is 0 Å². The topological polar surface area (TPSA) is 21.3 Å². The fraction of sp³-hybridized carbons (Fsp3) is 0.800. The third-order valence-corrected chi connectivity index (χ3v) is 1.10. The lowest BCUT2D eigenvalue weighted by atomic mass is 10.3. The molecule has 1 aliphatic heterocycles. The van der Waals surface area contributed by atoms with E-state index in [9.17, 15) is 0 Å². The molecule has 0 aromatic carbocycles. The lowest BCUT2D eigenvalue weighted by Gasteiger charge is -2.01. The van der Waals surface area contributed by atoms with Crippen LogP contribution in [0, 0.1) is 6.23 Å². The first kappa shape index (κ1) is 5.06. The summed E-state index contributed by atoms with van der Waals surface area (Å²) < 4.78 is 5.11. The van der Waals surface area contributed by atoms with Gasteiger partial charge in [0.15, 0.2) is 6.23 Å². The summed E-state index contributed by atoms with van der Waals surface area (Å²) in [4.78, 5) is 0. The highest BCUT2D eigenvalue weighted by Gasteiger charge is 2.12. The molecule has 0 aliphatic carbocycles. The predicted octanol–water partition coefficient (Wildman–Crippen LogP) is 0.506. The summed E-state index contributed by atoms with van der Waals surface area (Å²) in [6, 6.07) is 0. The van der Waals surface area contributed by atoms with Crippen LogP contribution in [0.25, 0.3) is 0 Å². The van der Waals surface area contributed by atoms with E-state index in [-0.39, 0.29) is 0 Å². The minimum Gasteiger partial charge on any atom is -0.356 e. The molecule has 1 radical (unpaired) electrons. The average molecular weight is 100 g/mol. The molecule has 0 unspecified atom stereocenters. The second-order valence-electron chi connectivity index (χ2n) is 1.63. The highest BCUT2D eigenvalue weighted by Crippen LogP contribution is 2.14. The fourth-order valence-corrected chi connectivity index (χ4v) is 0.697. The summed E-state index contributed by atoms with van der Waals surface area (Å²) >= 11 is 0. The van der Waals surface area contributed by atoms with Crippen molar-refractivity contribution in [3.63, 3.8) is 0 Å². The lowest BCUT2D eigenvalue weighted by molar-refractivity contribution is 0.179. The van der Waals surface area contributed by atoms with Crippen molar-refractivity contribution < 1.29 is 4.74 Å². The number of nitrogens with one attached hydrogen (secondary N) is 1. The molecule has 0 amide bonds. The number of rotatable bonds is 1. The zero-order valence-corrected chi connectivity index (χ0v) is 4.53. The van der Waals surface area contributed by atoms with Gasteiger partial charge in [0.1, 0.15) is 0 Å². The maximum atomic E-state index is 5.11. The van der Waals surface area contributed by atoms with E-state index in [1.807, 2.05) is 7.05 Å². The molecule has 41 valence electrons. The standard InChI is InChI=1S/C5H10NO/c1-6-5-3-2-4-7-5/h6H,2-4H2,1H3. The monoisotopic (exact) mass is 100 g/mol. The molecule has 0 bridgehead atoms. The van der Waals surface area contributed by atoms with Gasteiger partial charge in [0.25, 0.3) is 0 Å². The third-order valence-electron chi connectivity index (χ3n) is 1.10. The lowest BCUT2D eigenvalue weighted by Crippen LogP contribution is -2.13. The molecule has 1 aliphatic rings. The molecule has 0 aromatic rings. The number of ether oxygens (including phenoxy) is 1. The fourth-order valence-electron chi connectivity index (χ4n) is 0.697. The molecule has 0 saturated carbocycles. The van der Waals surface area contributed by atoms with Crippen molar-refractivity contribution in [2.75, 3.05) is 13.7 Å². The van der Waals surface area contributed by atoms with Gasteiger partial charge >= 0.3 is 0 Å². The van der Waals surface area contributed by atoms with Crippen LogP contribution in [0.2, 0.25) is 0 Å². The summed E-state index contributed by atoms with van der Waals surface area (Å²) in [5.74, 6) is 0. The molecule has 0 aromatic heterocycles. The van der Waals surface area contributed by atoms with Gasteiger partial charge in [-0.05, 0) is 19.9 Å². The van der Waals surface area contributed by atoms with Crippen LogP contribution >= 0.6 is 0 Å². The maximum Gasteiger partial charge on any atom is 0.161 e. The van der Waals surface area contributed by atoms with Gasteiger partial charge in [0.2, 0.25) is 0 Å². The Labute approximate surface area is 43.9 Å². The van der Waals surface area contributed by atoms with E-state index in [2.05, 4.69) is 5.32 Å². The van der Waals surface area contributed by atoms with Crippen molar-refractivity contribution in [1.29, 1.82) is 0 Å². The first-order chi connectivity index (χ1) is 3.43. The van der Waals surface area contributed by atoms with Gasteiger partial charge in [0.05, 0.1) is 0 Å². The normalized spacial score (nSPS) is 23.6. The molecular formula is C5H10NO. The molecule has 2 nitrogen and oxygen atoms in total. The van der Waals surface area contributed by atoms with Crippen molar-refractivity contribution in [3.05, 3.63) is 6.23 Å². The van der Waals surface area contributed by atoms with Crippen LogP contribution in [-0.4, -0.2) is 13.7 Å². The van der Waals surface area contributed by atoms with Gasteiger partial charge < -0.3 is 4.74 Å². The highest BCUT2D eigenvalue weighted by atomic mass is 16.5. The van der Waals surface area contributed by atoms with Gasteiger partial charge in [-0.2, -0.15) is 0 Å². The second-order valence-corrected chi connectivity index (χ2v) is 1.63. The molecule has 1 N–H and O–H groups in total. The average Bonchev–Trinajstić information content (AvgIpc) is 2.14. The summed E-state index contributed by atoms with van der Waals surface area (Å²) in [5, 5.41) is 2.96. The van der Waals surface area contributed by atoms with Crippen LogP contribution in [0.5, 0.6) is 0 Å². The quantitative estimate of drug-likeness (QED) is 0.518. The second kappa shape index (κ2) is 2.28. The van der Waals surface area contributed by atoms with Crippen LogP contribution in [-0.2, 0) is 4.74 Å². The summed E-state index contributed by atoms with van der Waals surface area (Å²) in [6.45, 7) is 0.899. The van der Waals surface area contributed by atoms with E-state index in [4.69, 9.17) is 4.74 Å². The van der Waals surface area contributed by atoms with Crippen LogP contribution in [0.4, 0.5) is 0 Å². The van der Waals surface area contributed by atoms with Crippen molar-refractivity contribution >= 4 is 0 Å². The molecule has 1 heterocycles. The molecule has 0 atom stereocenters. The summed E-state index contributed by atoms with van der Waals surface area (Å²) in [7, 11) is 1.89. The Balaban J connectivity index is 2.14. The Morgan fingerprint density at radius 3 is 2.86 bits per heavy atom. The molecule has 1 rings (SSSR count). The molecule has 2 heteroatoms. The Morgan fingerprint density at radius 2 is 2.57 bits per heavy atom. The minimum atomic E-state index is 0.899. The van der Waals surface area contributed by atoms with Crippen LogP contribution < -0.4 is 5.32 Å². The van der Waals surface area contributed by atoms with Gasteiger partial charge in [-0.1, -0.05) is 0 Å². The minimum absolute atomic E-state index is 0.899. The SMILES string of the molecule is CN[C]1CCCO1. The van der Waals surface area contributed by atoms with Crippen LogP contribution in [0.1, 0.15) is 12.8 Å².